The fourth-order valence-corrected chi connectivity index (χ4v) is 6.61. The number of benzene rings is 3. The van der Waals surface area contributed by atoms with Gasteiger partial charge in [-0.2, -0.15) is 0 Å². The normalized spacial score (nSPS) is 28.6. The molecule has 6 atom stereocenters. The number of hydrogen-bond acceptors (Lipinski definition) is 4. The summed E-state index contributed by atoms with van der Waals surface area (Å²) in [5.41, 5.74) is 2.51. The second-order valence-electron chi connectivity index (χ2n) is 10.6. The minimum absolute atomic E-state index is 0.124. The highest BCUT2D eigenvalue weighted by molar-refractivity contribution is 6.23. The van der Waals surface area contributed by atoms with Crippen LogP contribution < -0.4 is 15.0 Å². The maximum atomic E-state index is 13.4. The number of nitrogens with zero attached hydrogens (tertiary/aromatic N) is 1. The second-order valence-corrected chi connectivity index (χ2v) is 10.6. The standard InChI is InChI=1S/C31H26N2O4/c1-17-5-2-3-8-26(17)37-21-11-9-19(10-12-21)32-29(34)18-6-4-7-20(15-18)33-30(35)27-22-13-14-23(25-16-24(22)25)28(27)31(33)36/h2-15,22-25,27-28H,16H2,1H3,(H,32,34)/t22-,23-,24-,25-,27-,28+/m0/s1. The number of anilines is 2. The van der Waals surface area contributed by atoms with Crippen LogP contribution in [0.15, 0.2) is 84.9 Å². The Kier molecular flexibility index (Phi) is 4.86. The average molecular weight is 491 g/mol. The molecule has 1 heterocycles. The molecule has 4 aliphatic carbocycles. The van der Waals surface area contributed by atoms with E-state index in [0.29, 0.717) is 34.5 Å². The van der Waals surface area contributed by atoms with Crippen LogP contribution in [-0.4, -0.2) is 17.7 Å². The minimum Gasteiger partial charge on any atom is -0.457 e. The molecular weight excluding hydrogens is 464 g/mol. The van der Waals surface area contributed by atoms with Crippen LogP contribution in [0.1, 0.15) is 22.3 Å². The van der Waals surface area contributed by atoms with Gasteiger partial charge in [0.15, 0.2) is 0 Å². The molecule has 0 aromatic heterocycles. The molecule has 8 rings (SSSR count). The SMILES string of the molecule is Cc1ccccc1Oc1ccc(NC(=O)c2cccc(N3C(=O)[C@@H]4[C@H]5C=C[C@@H]([C@@H]6C[C@@H]56)[C@@H]4C3=O)c2)cc1. The lowest BCUT2D eigenvalue weighted by atomic mass is 9.63. The van der Waals surface area contributed by atoms with Crippen molar-refractivity contribution in [3.8, 4) is 11.5 Å². The summed E-state index contributed by atoms with van der Waals surface area (Å²) in [5.74, 6) is 1.82. The van der Waals surface area contributed by atoms with E-state index in [4.69, 9.17) is 4.74 Å². The highest BCUT2D eigenvalue weighted by Gasteiger charge is 2.67. The topological polar surface area (TPSA) is 75.7 Å². The van der Waals surface area contributed by atoms with Gasteiger partial charge in [0, 0.05) is 11.3 Å². The molecule has 1 N–H and O–H groups in total. The lowest BCUT2D eigenvalue weighted by molar-refractivity contribution is -0.124. The quantitative estimate of drug-likeness (QED) is 0.373. The fourth-order valence-electron chi connectivity index (χ4n) is 6.61. The number of amides is 3. The van der Waals surface area contributed by atoms with Crippen molar-refractivity contribution in [2.24, 2.45) is 35.5 Å². The van der Waals surface area contributed by atoms with Crippen molar-refractivity contribution in [2.75, 3.05) is 10.2 Å². The highest BCUT2D eigenvalue weighted by atomic mass is 16.5. The van der Waals surface area contributed by atoms with Gasteiger partial charge in [0.1, 0.15) is 11.5 Å². The van der Waals surface area contributed by atoms with E-state index >= 15 is 0 Å². The fraction of sp³-hybridized carbons (Fsp3) is 0.258. The van der Waals surface area contributed by atoms with Crippen LogP contribution in [0, 0.1) is 42.4 Å². The lowest BCUT2D eigenvalue weighted by Gasteiger charge is -2.37. The van der Waals surface area contributed by atoms with E-state index in [-0.39, 0.29) is 41.4 Å². The van der Waals surface area contributed by atoms with Crippen molar-refractivity contribution >= 4 is 29.1 Å². The van der Waals surface area contributed by atoms with Gasteiger partial charge in [-0.3, -0.25) is 14.4 Å². The van der Waals surface area contributed by atoms with Gasteiger partial charge in [-0.1, -0.05) is 36.4 Å². The second kappa shape index (κ2) is 8.17. The van der Waals surface area contributed by atoms with Crippen LogP contribution in [0.5, 0.6) is 11.5 Å². The maximum absolute atomic E-state index is 13.4. The Hall–Kier alpha value is -4.19. The number of imide groups is 1. The molecular formula is C31H26N2O4. The van der Waals surface area contributed by atoms with Crippen molar-refractivity contribution in [2.45, 2.75) is 13.3 Å². The number of ether oxygens (including phenoxy) is 1. The van der Waals surface area contributed by atoms with E-state index < -0.39 is 0 Å². The predicted octanol–water partition coefficient (Wildman–Crippen LogP) is 5.60. The molecule has 2 bridgehead atoms. The summed E-state index contributed by atoms with van der Waals surface area (Å²) in [5, 5.41) is 2.89. The Morgan fingerprint density at radius 2 is 1.54 bits per heavy atom. The average Bonchev–Trinajstić information content (AvgIpc) is 3.69. The molecule has 0 unspecified atom stereocenters. The zero-order valence-electron chi connectivity index (χ0n) is 20.3. The molecule has 3 aromatic rings. The van der Waals surface area contributed by atoms with Crippen LogP contribution in [0.2, 0.25) is 0 Å². The zero-order valence-corrected chi connectivity index (χ0v) is 20.3. The Labute approximate surface area is 214 Å². The van der Waals surface area contributed by atoms with Crippen LogP contribution in [0.3, 0.4) is 0 Å². The first kappa shape index (κ1) is 22.0. The zero-order chi connectivity index (χ0) is 25.3. The largest absolute Gasteiger partial charge is 0.457 e. The molecule has 6 heteroatoms. The van der Waals surface area contributed by atoms with E-state index in [2.05, 4.69) is 17.5 Å². The predicted molar refractivity (Wildman–Crippen MR) is 139 cm³/mol. The molecule has 6 nitrogen and oxygen atoms in total. The minimum atomic E-state index is -0.311. The van der Waals surface area contributed by atoms with E-state index in [9.17, 15) is 14.4 Å². The van der Waals surface area contributed by atoms with Gasteiger partial charge < -0.3 is 10.1 Å². The molecule has 1 aliphatic heterocycles. The van der Waals surface area contributed by atoms with Gasteiger partial charge in [0.2, 0.25) is 11.8 Å². The van der Waals surface area contributed by atoms with Crippen molar-refractivity contribution in [3.63, 3.8) is 0 Å². The Balaban J connectivity index is 1.07. The van der Waals surface area contributed by atoms with Crippen molar-refractivity contribution < 1.29 is 19.1 Å². The van der Waals surface area contributed by atoms with Crippen molar-refractivity contribution in [3.05, 3.63) is 96.1 Å². The highest BCUT2D eigenvalue weighted by Crippen LogP contribution is 2.65. The number of nitrogens with one attached hydrogen (secondary N) is 1. The Bertz CT molecular complexity index is 1440. The molecule has 3 amide bonds. The van der Waals surface area contributed by atoms with Gasteiger partial charge in [-0.15, -0.1) is 0 Å². The number of rotatable bonds is 5. The van der Waals surface area contributed by atoms with Crippen LogP contribution in [0.25, 0.3) is 0 Å². The first-order valence-corrected chi connectivity index (χ1v) is 12.8. The number of carbonyl (C=O) groups excluding carboxylic acids is 3. The summed E-state index contributed by atoms with van der Waals surface area (Å²) in [7, 11) is 0. The third-order valence-corrected chi connectivity index (χ3v) is 8.46. The van der Waals surface area contributed by atoms with Gasteiger partial charge in [0.05, 0.1) is 17.5 Å². The summed E-state index contributed by atoms with van der Waals surface area (Å²) in [6.45, 7) is 1.98. The van der Waals surface area contributed by atoms with E-state index in [1.165, 1.54) is 4.90 Å². The molecule has 0 spiro atoms. The molecule has 3 fully saturated rings. The maximum Gasteiger partial charge on any atom is 0.255 e. The Morgan fingerprint density at radius 3 is 2.22 bits per heavy atom. The van der Waals surface area contributed by atoms with Crippen LogP contribution >= 0.6 is 0 Å². The third kappa shape index (κ3) is 3.50. The van der Waals surface area contributed by atoms with Crippen molar-refractivity contribution in [1.82, 2.24) is 0 Å². The Morgan fingerprint density at radius 1 is 0.865 bits per heavy atom. The molecule has 184 valence electrons. The first-order valence-electron chi connectivity index (χ1n) is 12.8. The van der Waals surface area contributed by atoms with E-state index in [1.807, 2.05) is 31.2 Å². The molecule has 5 aliphatic rings. The number of aryl methyl sites for hydroxylation is 1. The summed E-state index contributed by atoms with van der Waals surface area (Å²) in [6.07, 6.45) is 5.45. The number of hydrogen-bond donors (Lipinski definition) is 1. The van der Waals surface area contributed by atoms with E-state index in [1.54, 1.807) is 48.5 Å². The molecule has 2 saturated carbocycles. The van der Waals surface area contributed by atoms with Gasteiger partial charge >= 0.3 is 0 Å². The molecule has 3 aromatic carbocycles. The summed E-state index contributed by atoms with van der Waals surface area (Å²) in [6, 6.07) is 21.7. The van der Waals surface area contributed by atoms with Crippen molar-refractivity contribution in [1.29, 1.82) is 0 Å². The molecule has 1 saturated heterocycles. The lowest BCUT2D eigenvalue weighted by Crippen LogP contribution is -2.40. The van der Waals surface area contributed by atoms with Gasteiger partial charge in [0.25, 0.3) is 5.91 Å². The van der Waals surface area contributed by atoms with Crippen LogP contribution in [-0.2, 0) is 9.59 Å². The van der Waals surface area contributed by atoms with E-state index in [0.717, 1.165) is 17.7 Å². The summed E-state index contributed by atoms with van der Waals surface area (Å²) >= 11 is 0. The van der Waals surface area contributed by atoms with Crippen LogP contribution in [0.4, 0.5) is 11.4 Å². The summed E-state index contributed by atoms with van der Waals surface area (Å²) < 4.78 is 5.93. The smallest absolute Gasteiger partial charge is 0.255 e. The molecule has 37 heavy (non-hydrogen) atoms. The molecule has 0 radical (unpaired) electrons. The summed E-state index contributed by atoms with van der Waals surface area (Å²) in [4.78, 5) is 41.2. The van der Waals surface area contributed by atoms with Gasteiger partial charge in [-0.25, -0.2) is 4.90 Å². The third-order valence-electron chi connectivity index (χ3n) is 8.46. The monoisotopic (exact) mass is 490 g/mol. The first-order chi connectivity index (χ1) is 18.0. The number of allylic oxidation sites excluding steroid dienone is 2. The van der Waals surface area contributed by atoms with Gasteiger partial charge in [-0.05, 0) is 91.1 Å². The number of para-hydroxylation sites is 1. The number of carbonyl (C=O) groups is 3.